The van der Waals surface area contributed by atoms with Crippen molar-refractivity contribution in [1.82, 2.24) is 0 Å². The van der Waals surface area contributed by atoms with Crippen LogP contribution < -0.4 is 0 Å². The fourth-order valence-corrected chi connectivity index (χ4v) is 3.06. The Bertz CT molecular complexity index is 221. The van der Waals surface area contributed by atoms with Crippen molar-refractivity contribution in [3.8, 4) is 0 Å². The van der Waals surface area contributed by atoms with E-state index in [1.54, 1.807) is 0 Å². The van der Waals surface area contributed by atoms with Crippen LogP contribution in [0.25, 0.3) is 0 Å². The summed E-state index contributed by atoms with van der Waals surface area (Å²) in [4.78, 5) is 0. The van der Waals surface area contributed by atoms with Gasteiger partial charge in [0.15, 0.2) is 0 Å². The minimum absolute atomic E-state index is 0.158. The van der Waals surface area contributed by atoms with E-state index in [4.69, 9.17) is 14.2 Å². The van der Waals surface area contributed by atoms with Gasteiger partial charge in [-0.3, -0.25) is 0 Å². The molecule has 0 aromatic rings. The molecule has 2 atom stereocenters. The van der Waals surface area contributed by atoms with Gasteiger partial charge in [0.05, 0.1) is 13.2 Å². The van der Waals surface area contributed by atoms with Gasteiger partial charge in [-0.1, -0.05) is 78.1 Å². The average Bonchev–Trinajstić information content (AvgIpc) is 3.00. The number of ether oxygens (including phenoxy) is 3. The molecule has 1 saturated heterocycles. The van der Waals surface area contributed by atoms with E-state index in [1.165, 1.54) is 77.0 Å². The zero-order valence-electron chi connectivity index (χ0n) is 15.7. The lowest BCUT2D eigenvalue weighted by atomic mass is 10.1. The lowest BCUT2D eigenvalue weighted by Crippen LogP contribution is -2.30. The Kier molecular flexibility index (Phi) is 14.0. The Morgan fingerprint density at radius 1 is 0.609 bits per heavy atom. The van der Waals surface area contributed by atoms with Crippen molar-refractivity contribution >= 4 is 0 Å². The van der Waals surface area contributed by atoms with Crippen molar-refractivity contribution in [3.63, 3.8) is 0 Å². The third kappa shape index (κ3) is 11.1. The van der Waals surface area contributed by atoms with E-state index in [9.17, 15) is 0 Å². The molecule has 0 unspecified atom stereocenters. The maximum atomic E-state index is 5.98. The second-order valence-corrected chi connectivity index (χ2v) is 6.89. The summed E-state index contributed by atoms with van der Waals surface area (Å²) in [5.74, 6) is 0. The molecule has 1 fully saturated rings. The van der Waals surface area contributed by atoms with Crippen LogP contribution in [0.3, 0.4) is 0 Å². The van der Waals surface area contributed by atoms with E-state index in [0.717, 1.165) is 13.2 Å². The Balaban J connectivity index is 1.94. The number of unbranched alkanes of at least 4 members (excludes halogenated alkanes) is 10. The fraction of sp³-hybridized carbons (Fsp3) is 1.00. The first-order chi connectivity index (χ1) is 11.4. The molecule has 0 N–H and O–H groups in total. The molecule has 23 heavy (non-hydrogen) atoms. The van der Waals surface area contributed by atoms with Gasteiger partial charge in [0, 0.05) is 13.2 Å². The molecule has 0 aliphatic carbocycles. The maximum absolute atomic E-state index is 5.98. The van der Waals surface area contributed by atoms with Gasteiger partial charge < -0.3 is 14.2 Å². The summed E-state index contributed by atoms with van der Waals surface area (Å²) in [6.07, 6.45) is 16.0. The van der Waals surface area contributed by atoms with Gasteiger partial charge in [-0.05, 0) is 12.8 Å². The highest BCUT2D eigenvalue weighted by Crippen LogP contribution is 2.16. The molecule has 3 nitrogen and oxygen atoms in total. The van der Waals surface area contributed by atoms with E-state index < -0.39 is 0 Å². The summed E-state index contributed by atoms with van der Waals surface area (Å²) >= 11 is 0. The molecule has 1 rings (SSSR count). The van der Waals surface area contributed by atoms with Gasteiger partial charge in [-0.15, -0.1) is 0 Å². The van der Waals surface area contributed by atoms with Gasteiger partial charge in [0.1, 0.15) is 12.2 Å². The van der Waals surface area contributed by atoms with Gasteiger partial charge in [-0.2, -0.15) is 0 Å². The van der Waals surface area contributed by atoms with Crippen LogP contribution in [0.5, 0.6) is 0 Å². The highest BCUT2D eigenvalue weighted by Gasteiger charge is 2.29. The van der Waals surface area contributed by atoms with E-state index >= 15 is 0 Å². The molecule has 1 heterocycles. The lowest BCUT2D eigenvalue weighted by molar-refractivity contribution is -0.0481. The zero-order valence-corrected chi connectivity index (χ0v) is 15.7. The van der Waals surface area contributed by atoms with Crippen molar-refractivity contribution in [2.24, 2.45) is 0 Å². The highest BCUT2D eigenvalue weighted by atomic mass is 16.6. The standard InChI is InChI=1S/C20H40O3/c1-3-5-7-9-11-13-15-22-19-17-21-18-20(19)23-16-14-12-10-8-6-4-2/h19-20H,3-18H2,1-2H3/t19-,20+. The van der Waals surface area contributed by atoms with Crippen molar-refractivity contribution in [2.75, 3.05) is 26.4 Å². The molecule has 1 aliphatic heterocycles. The van der Waals surface area contributed by atoms with Gasteiger partial charge in [0.2, 0.25) is 0 Å². The van der Waals surface area contributed by atoms with Gasteiger partial charge >= 0.3 is 0 Å². The molecule has 0 saturated carbocycles. The maximum Gasteiger partial charge on any atom is 0.109 e. The predicted molar refractivity (Wildman–Crippen MR) is 97.1 cm³/mol. The number of rotatable bonds is 16. The molecule has 0 aromatic heterocycles. The first-order valence-corrected chi connectivity index (χ1v) is 10.2. The van der Waals surface area contributed by atoms with Crippen LogP contribution in [0.4, 0.5) is 0 Å². The SMILES string of the molecule is CCCCCCCCO[C@H]1COC[C@H]1OCCCCCCCC. The van der Waals surface area contributed by atoms with Crippen LogP contribution in [-0.4, -0.2) is 38.6 Å². The van der Waals surface area contributed by atoms with Crippen molar-refractivity contribution in [2.45, 2.75) is 103 Å². The van der Waals surface area contributed by atoms with Crippen molar-refractivity contribution in [1.29, 1.82) is 0 Å². The van der Waals surface area contributed by atoms with Gasteiger partial charge in [0.25, 0.3) is 0 Å². The summed E-state index contributed by atoms with van der Waals surface area (Å²) in [5, 5.41) is 0. The Morgan fingerprint density at radius 2 is 1.00 bits per heavy atom. The monoisotopic (exact) mass is 328 g/mol. The molecule has 1 aliphatic rings. The van der Waals surface area contributed by atoms with E-state index in [2.05, 4.69) is 13.8 Å². The molecular weight excluding hydrogens is 288 g/mol. The van der Waals surface area contributed by atoms with E-state index in [0.29, 0.717) is 13.2 Å². The second kappa shape index (κ2) is 15.4. The molecular formula is C20H40O3. The molecule has 0 spiro atoms. The molecule has 0 radical (unpaired) electrons. The summed E-state index contributed by atoms with van der Waals surface area (Å²) in [5.41, 5.74) is 0. The number of hydrogen-bond donors (Lipinski definition) is 0. The summed E-state index contributed by atoms with van der Waals surface area (Å²) in [6.45, 7) is 7.64. The zero-order chi connectivity index (χ0) is 16.6. The van der Waals surface area contributed by atoms with Crippen LogP contribution in [-0.2, 0) is 14.2 Å². The molecule has 3 heteroatoms. The largest absolute Gasteiger partial charge is 0.376 e. The van der Waals surface area contributed by atoms with Crippen molar-refractivity contribution < 1.29 is 14.2 Å². The van der Waals surface area contributed by atoms with E-state index in [1.807, 2.05) is 0 Å². The quantitative estimate of drug-likeness (QED) is 0.350. The third-order valence-corrected chi connectivity index (χ3v) is 4.64. The van der Waals surface area contributed by atoms with Crippen LogP contribution >= 0.6 is 0 Å². The summed E-state index contributed by atoms with van der Waals surface area (Å²) in [7, 11) is 0. The van der Waals surface area contributed by atoms with Crippen LogP contribution in [0.2, 0.25) is 0 Å². The average molecular weight is 329 g/mol. The Labute approximate surface area is 144 Å². The smallest absolute Gasteiger partial charge is 0.109 e. The minimum Gasteiger partial charge on any atom is -0.376 e. The molecule has 0 aromatic carbocycles. The lowest BCUT2D eigenvalue weighted by Gasteiger charge is -2.19. The second-order valence-electron chi connectivity index (χ2n) is 6.89. The topological polar surface area (TPSA) is 27.7 Å². The highest BCUT2D eigenvalue weighted by molar-refractivity contribution is 4.76. The predicted octanol–water partition coefficient (Wildman–Crippen LogP) is 5.51. The van der Waals surface area contributed by atoms with Crippen LogP contribution in [0, 0.1) is 0 Å². The first kappa shape index (κ1) is 20.9. The molecule has 138 valence electrons. The van der Waals surface area contributed by atoms with E-state index in [-0.39, 0.29) is 12.2 Å². The molecule has 0 bridgehead atoms. The molecule has 0 amide bonds. The fourth-order valence-electron chi connectivity index (χ4n) is 3.06. The Hall–Kier alpha value is -0.120. The van der Waals surface area contributed by atoms with Crippen LogP contribution in [0.15, 0.2) is 0 Å². The normalized spacial score (nSPS) is 21.1. The minimum atomic E-state index is 0.158. The third-order valence-electron chi connectivity index (χ3n) is 4.64. The van der Waals surface area contributed by atoms with Gasteiger partial charge in [-0.25, -0.2) is 0 Å². The first-order valence-electron chi connectivity index (χ1n) is 10.2. The van der Waals surface area contributed by atoms with Crippen molar-refractivity contribution in [3.05, 3.63) is 0 Å². The summed E-state index contributed by atoms with van der Waals surface area (Å²) < 4.78 is 17.5. The Morgan fingerprint density at radius 3 is 1.43 bits per heavy atom. The summed E-state index contributed by atoms with van der Waals surface area (Å²) in [6, 6.07) is 0. The number of hydrogen-bond acceptors (Lipinski definition) is 3. The van der Waals surface area contributed by atoms with Crippen LogP contribution in [0.1, 0.15) is 90.9 Å².